The minimum atomic E-state index is -3.52. The second-order valence-electron chi connectivity index (χ2n) is 3.75. The molecule has 0 spiro atoms. The summed E-state index contributed by atoms with van der Waals surface area (Å²) in [6.45, 7) is 0.241. The van der Waals surface area contributed by atoms with Gasteiger partial charge in [0, 0.05) is 6.54 Å². The smallest absolute Gasteiger partial charge is 0.316 e. The highest BCUT2D eigenvalue weighted by Gasteiger charge is 2.18. The lowest BCUT2D eigenvalue weighted by molar-refractivity contribution is -0.383. The van der Waals surface area contributed by atoms with Crippen LogP contribution < -0.4 is 21.7 Å². The molecule has 6 N–H and O–H groups in total. The number of nitrogens with zero attached hydrogens (tertiary/aromatic N) is 1. The maximum absolute atomic E-state index is 10.9. The van der Waals surface area contributed by atoms with Gasteiger partial charge in [0.15, 0.2) is 0 Å². The Kier molecular flexibility index (Phi) is 5.03. The predicted octanol–water partition coefficient (Wildman–Crippen LogP) is -0.0291. The number of para-hydroxylation sites is 1. The Labute approximate surface area is 110 Å². The van der Waals surface area contributed by atoms with E-state index in [1.807, 2.05) is 0 Å². The van der Waals surface area contributed by atoms with Crippen molar-refractivity contribution in [2.75, 3.05) is 23.0 Å². The van der Waals surface area contributed by atoms with Crippen LogP contribution in [0.25, 0.3) is 0 Å². The normalized spacial score (nSPS) is 11.1. The van der Waals surface area contributed by atoms with Crippen molar-refractivity contribution in [3.05, 3.63) is 28.3 Å². The highest BCUT2D eigenvalue weighted by molar-refractivity contribution is 7.89. The Morgan fingerprint density at radius 1 is 1.32 bits per heavy atom. The number of nitro groups is 1. The number of primary sulfonamides is 1. The fraction of sp³-hybridized carbons (Fsp3) is 0.333. The van der Waals surface area contributed by atoms with E-state index in [1.165, 1.54) is 12.1 Å². The summed E-state index contributed by atoms with van der Waals surface area (Å²) in [5, 5.41) is 18.6. The predicted molar refractivity (Wildman–Crippen MR) is 72.0 cm³/mol. The summed E-state index contributed by atoms with van der Waals surface area (Å²) in [5.41, 5.74) is 2.47. The second kappa shape index (κ2) is 6.31. The average molecular weight is 289 g/mol. The molecule has 0 fully saturated rings. The Hall–Kier alpha value is -1.91. The van der Waals surface area contributed by atoms with Gasteiger partial charge in [0.25, 0.3) is 0 Å². The largest absolute Gasteiger partial charge is 0.379 e. The van der Waals surface area contributed by atoms with Crippen molar-refractivity contribution in [3.8, 4) is 0 Å². The van der Waals surface area contributed by atoms with Crippen LogP contribution in [0.4, 0.5) is 17.1 Å². The number of sulfonamides is 1. The number of hydrogen-bond donors (Lipinski definition) is 4. The van der Waals surface area contributed by atoms with Crippen molar-refractivity contribution in [2.45, 2.75) is 6.42 Å². The van der Waals surface area contributed by atoms with Crippen LogP contribution in [0, 0.1) is 10.1 Å². The van der Waals surface area contributed by atoms with Crippen LogP contribution in [0.15, 0.2) is 18.2 Å². The maximum Gasteiger partial charge on any atom is 0.316 e. The van der Waals surface area contributed by atoms with E-state index in [2.05, 4.69) is 10.7 Å². The van der Waals surface area contributed by atoms with Crippen molar-refractivity contribution in [2.24, 2.45) is 11.0 Å². The van der Waals surface area contributed by atoms with Crippen molar-refractivity contribution in [1.82, 2.24) is 0 Å². The van der Waals surface area contributed by atoms with E-state index < -0.39 is 14.9 Å². The fourth-order valence-corrected chi connectivity index (χ4v) is 2.04. The van der Waals surface area contributed by atoms with Gasteiger partial charge in [0.1, 0.15) is 11.4 Å². The number of nitro benzene ring substituents is 1. The van der Waals surface area contributed by atoms with Crippen LogP contribution in [-0.2, 0) is 10.0 Å². The standard InChI is InChI=1S/C9H15N5O4S/c10-13-8-4-1-3-7(9(8)14(15)16)12-5-2-6-19(11,17)18/h1,3-4,12-13H,2,5-6,10H2,(H2,11,17,18). The molecule has 0 amide bonds. The molecule has 0 unspecified atom stereocenters. The first-order valence-corrected chi connectivity index (χ1v) is 7.05. The molecule has 10 heteroatoms. The van der Waals surface area contributed by atoms with Gasteiger partial charge in [-0.25, -0.2) is 13.6 Å². The number of hydrogen-bond acceptors (Lipinski definition) is 7. The van der Waals surface area contributed by atoms with E-state index in [1.54, 1.807) is 6.07 Å². The molecule has 19 heavy (non-hydrogen) atoms. The summed E-state index contributed by atoms with van der Waals surface area (Å²) in [5.74, 6) is 5.00. The second-order valence-corrected chi connectivity index (χ2v) is 5.48. The lowest BCUT2D eigenvalue weighted by Gasteiger charge is -2.09. The first kappa shape index (κ1) is 15.1. The van der Waals surface area contributed by atoms with Gasteiger partial charge < -0.3 is 10.7 Å². The van der Waals surface area contributed by atoms with E-state index in [9.17, 15) is 18.5 Å². The number of hydrazine groups is 1. The van der Waals surface area contributed by atoms with Crippen LogP contribution in [0.2, 0.25) is 0 Å². The molecule has 0 aromatic heterocycles. The van der Waals surface area contributed by atoms with Crippen molar-refractivity contribution < 1.29 is 13.3 Å². The van der Waals surface area contributed by atoms with Crippen molar-refractivity contribution >= 4 is 27.1 Å². The number of benzene rings is 1. The van der Waals surface area contributed by atoms with E-state index >= 15 is 0 Å². The first-order valence-electron chi connectivity index (χ1n) is 5.33. The molecule has 0 aliphatic carbocycles. The molecule has 0 aliphatic heterocycles. The van der Waals surface area contributed by atoms with Gasteiger partial charge in [0.2, 0.25) is 10.0 Å². The van der Waals surface area contributed by atoms with Crippen LogP contribution in [-0.4, -0.2) is 25.6 Å². The lowest BCUT2D eigenvalue weighted by atomic mass is 10.2. The van der Waals surface area contributed by atoms with Crippen LogP contribution in [0.3, 0.4) is 0 Å². The molecule has 0 atom stereocenters. The zero-order valence-electron chi connectivity index (χ0n) is 10.00. The summed E-state index contributed by atoms with van der Waals surface area (Å²) in [4.78, 5) is 10.4. The zero-order chi connectivity index (χ0) is 14.5. The minimum absolute atomic E-state index is 0.168. The SMILES string of the molecule is NNc1cccc(NCCCS(N)(=O)=O)c1[N+](=O)[O-]. The van der Waals surface area contributed by atoms with E-state index in [0.717, 1.165) is 0 Å². The molecule has 0 saturated heterocycles. The Morgan fingerprint density at radius 3 is 2.47 bits per heavy atom. The Bertz CT molecular complexity index is 560. The summed E-state index contributed by atoms with van der Waals surface area (Å²) in [6, 6.07) is 4.56. The molecule has 0 saturated carbocycles. The molecular formula is C9H15N5O4S. The Balaban J connectivity index is 2.76. The first-order chi connectivity index (χ1) is 8.85. The van der Waals surface area contributed by atoms with Gasteiger partial charge in [-0.2, -0.15) is 0 Å². The van der Waals surface area contributed by atoms with Crippen LogP contribution in [0.1, 0.15) is 6.42 Å². The average Bonchev–Trinajstić information content (AvgIpc) is 2.32. The van der Waals surface area contributed by atoms with Gasteiger partial charge in [-0.3, -0.25) is 16.0 Å². The van der Waals surface area contributed by atoms with E-state index in [-0.39, 0.29) is 35.8 Å². The number of anilines is 2. The third-order valence-corrected chi connectivity index (χ3v) is 3.15. The maximum atomic E-state index is 10.9. The molecular weight excluding hydrogens is 274 g/mol. The molecule has 0 aliphatic rings. The highest BCUT2D eigenvalue weighted by Crippen LogP contribution is 2.31. The summed E-state index contributed by atoms with van der Waals surface area (Å²) in [6.07, 6.45) is 0.246. The third-order valence-electron chi connectivity index (χ3n) is 2.30. The molecule has 0 bridgehead atoms. The summed E-state index contributed by atoms with van der Waals surface area (Å²) < 4.78 is 21.5. The molecule has 1 aromatic carbocycles. The van der Waals surface area contributed by atoms with Gasteiger partial charge in [-0.1, -0.05) is 6.07 Å². The summed E-state index contributed by atoms with van der Waals surface area (Å²) >= 11 is 0. The molecule has 106 valence electrons. The third kappa shape index (κ3) is 4.69. The van der Waals surface area contributed by atoms with Crippen molar-refractivity contribution in [1.29, 1.82) is 0 Å². The van der Waals surface area contributed by atoms with Gasteiger partial charge in [-0.05, 0) is 18.6 Å². The quantitative estimate of drug-likeness (QED) is 0.238. The highest BCUT2D eigenvalue weighted by atomic mass is 32.2. The fourth-order valence-electron chi connectivity index (χ4n) is 1.50. The van der Waals surface area contributed by atoms with E-state index in [4.69, 9.17) is 11.0 Å². The number of rotatable bonds is 7. The molecule has 9 nitrogen and oxygen atoms in total. The monoisotopic (exact) mass is 289 g/mol. The van der Waals surface area contributed by atoms with Crippen molar-refractivity contribution in [3.63, 3.8) is 0 Å². The number of nitrogen functional groups attached to an aromatic ring is 1. The molecule has 1 aromatic rings. The molecule has 0 heterocycles. The summed E-state index contributed by atoms with van der Waals surface area (Å²) in [7, 11) is -3.52. The van der Waals surface area contributed by atoms with Crippen LogP contribution in [0.5, 0.6) is 0 Å². The minimum Gasteiger partial charge on any atom is -0.379 e. The zero-order valence-corrected chi connectivity index (χ0v) is 10.8. The number of nitrogens with one attached hydrogen (secondary N) is 2. The topological polar surface area (TPSA) is 153 Å². The van der Waals surface area contributed by atoms with Gasteiger partial charge in [0.05, 0.1) is 10.7 Å². The van der Waals surface area contributed by atoms with Gasteiger partial charge in [-0.15, -0.1) is 0 Å². The number of nitrogens with two attached hydrogens (primary N) is 2. The van der Waals surface area contributed by atoms with Gasteiger partial charge >= 0.3 is 5.69 Å². The Morgan fingerprint density at radius 2 is 1.95 bits per heavy atom. The van der Waals surface area contributed by atoms with E-state index in [0.29, 0.717) is 0 Å². The molecule has 0 radical (unpaired) electrons. The van der Waals surface area contributed by atoms with Crippen LogP contribution >= 0.6 is 0 Å². The lowest BCUT2D eigenvalue weighted by Crippen LogP contribution is -2.19. The molecule has 1 rings (SSSR count).